The summed E-state index contributed by atoms with van der Waals surface area (Å²) in [6, 6.07) is 17.2. The number of hydrogen-bond donors (Lipinski definition) is 2. The minimum absolute atomic E-state index is 0.222. The van der Waals surface area contributed by atoms with Crippen molar-refractivity contribution in [1.29, 1.82) is 0 Å². The molecule has 2 aromatic carbocycles. The number of H-pyrrole nitrogens is 1. The minimum atomic E-state index is -0.760. The molecule has 0 atom stereocenters. The molecular weight excluding hydrogens is 410 g/mol. The standard InChI is InChI=1S/C23H21N5O4/c1-14(2)13-31-23(30)32-18-8-6-17(7-9-18)24-22(29)16-5-3-4-15(12-16)19-10-11-20-21(25-19)27-28-26-20/h3-12,14H,13H2,1-2H3,(H,24,29)(H,25,26,27,28). The fourth-order valence-corrected chi connectivity index (χ4v) is 2.89. The number of nitrogens with zero attached hydrogens (tertiary/aromatic N) is 3. The lowest BCUT2D eigenvalue weighted by molar-refractivity contribution is 0.0885. The number of amides is 1. The van der Waals surface area contributed by atoms with E-state index < -0.39 is 6.16 Å². The Morgan fingerprint density at radius 2 is 1.84 bits per heavy atom. The highest BCUT2D eigenvalue weighted by Gasteiger charge is 2.11. The maximum atomic E-state index is 12.7. The van der Waals surface area contributed by atoms with Crippen molar-refractivity contribution in [3.63, 3.8) is 0 Å². The van der Waals surface area contributed by atoms with Gasteiger partial charge in [0.25, 0.3) is 5.91 Å². The predicted octanol–water partition coefficient (Wildman–Crippen LogP) is 4.44. The molecule has 9 nitrogen and oxygen atoms in total. The Bertz CT molecular complexity index is 1250. The van der Waals surface area contributed by atoms with Crippen LogP contribution in [0.1, 0.15) is 24.2 Å². The maximum Gasteiger partial charge on any atom is 0.513 e. The number of aromatic nitrogens is 4. The molecule has 4 aromatic rings. The number of hydrogen-bond acceptors (Lipinski definition) is 7. The first-order chi connectivity index (χ1) is 15.5. The van der Waals surface area contributed by atoms with Crippen molar-refractivity contribution in [1.82, 2.24) is 20.4 Å². The predicted molar refractivity (Wildman–Crippen MR) is 118 cm³/mol. The molecule has 1 amide bonds. The van der Waals surface area contributed by atoms with Gasteiger partial charge >= 0.3 is 6.16 Å². The number of pyridine rings is 1. The third kappa shape index (κ3) is 5.07. The molecule has 162 valence electrons. The summed E-state index contributed by atoms with van der Waals surface area (Å²) >= 11 is 0. The third-order valence-electron chi connectivity index (χ3n) is 4.45. The van der Waals surface area contributed by atoms with Crippen LogP contribution in [0.15, 0.2) is 60.7 Å². The van der Waals surface area contributed by atoms with Gasteiger partial charge in [-0.05, 0) is 54.4 Å². The van der Waals surface area contributed by atoms with Crippen molar-refractivity contribution < 1.29 is 19.1 Å². The summed E-state index contributed by atoms with van der Waals surface area (Å²) in [5.41, 5.74) is 3.68. The van der Waals surface area contributed by atoms with Gasteiger partial charge < -0.3 is 14.8 Å². The first-order valence-corrected chi connectivity index (χ1v) is 10.0. The van der Waals surface area contributed by atoms with Crippen molar-refractivity contribution in [2.45, 2.75) is 13.8 Å². The third-order valence-corrected chi connectivity index (χ3v) is 4.45. The van der Waals surface area contributed by atoms with E-state index in [0.29, 0.717) is 33.9 Å². The zero-order chi connectivity index (χ0) is 22.5. The molecule has 2 heterocycles. The summed E-state index contributed by atoms with van der Waals surface area (Å²) in [7, 11) is 0. The van der Waals surface area contributed by atoms with Crippen LogP contribution in [-0.4, -0.2) is 39.1 Å². The van der Waals surface area contributed by atoms with E-state index in [9.17, 15) is 9.59 Å². The summed E-state index contributed by atoms with van der Waals surface area (Å²) in [5, 5.41) is 13.3. The van der Waals surface area contributed by atoms with Gasteiger partial charge in [-0.15, -0.1) is 5.10 Å². The van der Waals surface area contributed by atoms with Crippen LogP contribution >= 0.6 is 0 Å². The molecule has 0 saturated carbocycles. The van der Waals surface area contributed by atoms with Crippen LogP contribution in [0.5, 0.6) is 5.75 Å². The van der Waals surface area contributed by atoms with Gasteiger partial charge in [0.1, 0.15) is 11.3 Å². The summed E-state index contributed by atoms with van der Waals surface area (Å²) in [4.78, 5) is 28.8. The van der Waals surface area contributed by atoms with E-state index in [4.69, 9.17) is 9.47 Å². The summed E-state index contributed by atoms with van der Waals surface area (Å²) in [6.45, 7) is 4.16. The summed E-state index contributed by atoms with van der Waals surface area (Å²) in [5.74, 6) is 0.270. The zero-order valence-electron chi connectivity index (χ0n) is 17.5. The zero-order valence-corrected chi connectivity index (χ0v) is 17.5. The second kappa shape index (κ2) is 9.25. The molecule has 0 spiro atoms. The maximum absolute atomic E-state index is 12.7. The van der Waals surface area contributed by atoms with Crippen molar-refractivity contribution in [2.24, 2.45) is 5.92 Å². The number of aromatic amines is 1. The fraction of sp³-hybridized carbons (Fsp3) is 0.174. The molecule has 2 aromatic heterocycles. The Labute approximate surface area is 183 Å². The molecule has 0 aliphatic rings. The Hall–Kier alpha value is -4.27. The minimum Gasteiger partial charge on any atom is -0.434 e. The van der Waals surface area contributed by atoms with E-state index in [0.717, 1.165) is 5.56 Å². The van der Waals surface area contributed by atoms with Crippen LogP contribution in [0.3, 0.4) is 0 Å². The first kappa shape index (κ1) is 21.0. The quantitative estimate of drug-likeness (QED) is 0.342. The van der Waals surface area contributed by atoms with Crippen LogP contribution in [0.4, 0.5) is 10.5 Å². The van der Waals surface area contributed by atoms with Gasteiger partial charge in [0.2, 0.25) is 5.65 Å². The number of carbonyl (C=O) groups is 2. The number of benzene rings is 2. The lowest BCUT2D eigenvalue weighted by Crippen LogP contribution is -2.14. The molecule has 0 fully saturated rings. The van der Waals surface area contributed by atoms with E-state index in [1.54, 1.807) is 42.5 Å². The fourth-order valence-electron chi connectivity index (χ4n) is 2.89. The Balaban J connectivity index is 1.41. The van der Waals surface area contributed by atoms with E-state index in [1.165, 1.54) is 0 Å². The van der Waals surface area contributed by atoms with Gasteiger partial charge in [-0.1, -0.05) is 26.0 Å². The molecule has 0 saturated heterocycles. The highest BCUT2D eigenvalue weighted by atomic mass is 16.7. The van der Waals surface area contributed by atoms with E-state index in [-0.39, 0.29) is 18.4 Å². The Morgan fingerprint density at radius 1 is 1.03 bits per heavy atom. The van der Waals surface area contributed by atoms with Crippen molar-refractivity contribution in [3.05, 3.63) is 66.2 Å². The van der Waals surface area contributed by atoms with Gasteiger partial charge in [-0.25, -0.2) is 9.78 Å². The number of nitrogens with one attached hydrogen (secondary N) is 2. The molecule has 32 heavy (non-hydrogen) atoms. The molecule has 0 bridgehead atoms. The normalized spacial score (nSPS) is 10.8. The molecule has 2 N–H and O–H groups in total. The molecule has 0 radical (unpaired) electrons. The number of carbonyl (C=O) groups excluding carboxylic acids is 2. The summed E-state index contributed by atoms with van der Waals surface area (Å²) < 4.78 is 10.1. The van der Waals surface area contributed by atoms with Crippen LogP contribution in [0.2, 0.25) is 0 Å². The van der Waals surface area contributed by atoms with Gasteiger partial charge in [-0.2, -0.15) is 10.3 Å². The number of ether oxygens (including phenoxy) is 2. The van der Waals surface area contributed by atoms with Crippen molar-refractivity contribution >= 4 is 28.9 Å². The molecule has 9 heteroatoms. The molecule has 0 aliphatic heterocycles. The lowest BCUT2D eigenvalue weighted by atomic mass is 10.1. The Kier molecular flexibility index (Phi) is 6.07. The number of fused-ring (bicyclic) bond motifs is 1. The van der Waals surface area contributed by atoms with Gasteiger partial charge in [0.05, 0.1) is 12.3 Å². The SMILES string of the molecule is CC(C)COC(=O)Oc1ccc(NC(=O)c2cccc(-c3ccc4n[nH]nc4n3)c2)cc1. The van der Waals surface area contributed by atoms with Gasteiger partial charge in [0, 0.05) is 16.8 Å². The highest BCUT2D eigenvalue weighted by Crippen LogP contribution is 2.22. The largest absolute Gasteiger partial charge is 0.513 e. The summed E-state index contributed by atoms with van der Waals surface area (Å²) in [6.07, 6.45) is -0.760. The second-order valence-electron chi connectivity index (χ2n) is 7.48. The smallest absolute Gasteiger partial charge is 0.434 e. The van der Waals surface area contributed by atoms with E-state index in [1.807, 2.05) is 32.0 Å². The number of anilines is 1. The van der Waals surface area contributed by atoms with Crippen LogP contribution in [0.25, 0.3) is 22.4 Å². The van der Waals surface area contributed by atoms with E-state index >= 15 is 0 Å². The Morgan fingerprint density at radius 3 is 2.62 bits per heavy atom. The first-order valence-electron chi connectivity index (χ1n) is 10.0. The molecule has 4 rings (SSSR count). The van der Waals surface area contributed by atoms with Crippen LogP contribution in [-0.2, 0) is 4.74 Å². The lowest BCUT2D eigenvalue weighted by Gasteiger charge is -2.09. The average Bonchev–Trinajstić information content (AvgIpc) is 3.27. The molecule has 0 unspecified atom stereocenters. The van der Waals surface area contributed by atoms with Crippen molar-refractivity contribution in [3.8, 4) is 17.0 Å². The number of rotatable bonds is 6. The average molecular weight is 431 g/mol. The molecular formula is C23H21N5O4. The topological polar surface area (TPSA) is 119 Å². The highest BCUT2D eigenvalue weighted by molar-refractivity contribution is 6.05. The monoisotopic (exact) mass is 431 g/mol. The van der Waals surface area contributed by atoms with Crippen molar-refractivity contribution in [2.75, 3.05) is 11.9 Å². The van der Waals surface area contributed by atoms with E-state index in [2.05, 4.69) is 25.7 Å². The van der Waals surface area contributed by atoms with Crippen LogP contribution in [0, 0.1) is 5.92 Å². The van der Waals surface area contributed by atoms with Gasteiger partial charge in [0.15, 0.2) is 0 Å². The second-order valence-corrected chi connectivity index (χ2v) is 7.48. The van der Waals surface area contributed by atoms with Gasteiger partial charge in [-0.3, -0.25) is 4.79 Å². The van der Waals surface area contributed by atoms with Crippen LogP contribution < -0.4 is 10.1 Å². The molecule has 0 aliphatic carbocycles.